The molecule has 170 valence electrons. The molecular formula is C34H29N. The first-order valence-electron chi connectivity index (χ1n) is 12.0. The van der Waals surface area contributed by atoms with Crippen molar-refractivity contribution in [1.29, 1.82) is 0 Å². The van der Waals surface area contributed by atoms with Crippen LogP contribution in [0.3, 0.4) is 0 Å². The van der Waals surface area contributed by atoms with Crippen LogP contribution in [0.1, 0.15) is 27.8 Å². The van der Waals surface area contributed by atoms with Crippen molar-refractivity contribution in [2.45, 2.75) is 13.8 Å². The Hall–Kier alpha value is -4.36. The monoisotopic (exact) mass is 451 g/mol. The van der Waals surface area contributed by atoms with Crippen LogP contribution in [0.5, 0.6) is 0 Å². The van der Waals surface area contributed by atoms with Crippen LogP contribution in [0.2, 0.25) is 0 Å². The minimum Gasteiger partial charge on any atom is -0.310 e. The summed E-state index contributed by atoms with van der Waals surface area (Å²) in [6, 6.07) is 47.2. The minimum atomic E-state index is 1.14. The van der Waals surface area contributed by atoms with Crippen molar-refractivity contribution in [2.24, 2.45) is 0 Å². The van der Waals surface area contributed by atoms with Gasteiger partial charge in [-0.25, -0.2) is 0 Å². The third kappa shape index (κ3) is 5.10. The quantitative estimate of drug-likeness (QED) is 0.232. The number of hydrogen-bond acceptors (Lipinski definition) is 1. The molecule has 5 aromatic carbocycles. The molecule has 0 saturated heterocycles. The second-order valence-corrected chi connectivity index (χ2v) is 8.82. The fourth-order valence-corrected chi connectivity index (χ4v) is 4.34. The Bertz CT molecular complexity index is 1380. The number of aryl methyl sites for hydroxylation is 2. The molecule has 0 fully saturated rings. The molecule has 35 heavy (non-hydrogen) atoms. The van der Waals surface area contributed by atoms with E-state index in [1.807, 2.05) is 0 Å². The van der Waals surface area contributed by atoms with Crippen LogP contribution in [0.15, 0.2) is 133 Å². The first kappa shape index (κ1) is 22.4. The highest BCUT2D eigenvalue weighted by molar-refractivity contribution is 5.91. The molecule has 0 aliphatic carbocycles. The Balaban J connectivity index is 1.56. The van der Waals surface area contributed by atoms with E-state index in [9.17, 15) is 0 Å². The number of rotatable bonds is 6. The summed E-state index contributed by atoms with van der Waals surface area (Å²) in [6.07, 6.45) is 2.28. The third-order valence-electron chi connectivity index (χ3n) is 6.39. The average molecular weight is 452 g/mol. The zero-order valence-corrected chi connectivity index (χ0v) is 20.2. The zero-order valence-electron chi connectivity index (χ0n) is 20.2. The van der Waals surface area contributed by atoms with Gasteiger partial charge in [0.2, 0.25) is 0 Å². The van der Waals surface area contributed by atoms with Gasteiger partial charge in [-0.3, -0.25) is 0 Å². The van der Waals surface area contributed by atoms with E-state index in [1.165, 1.54) is 33.4 Å². The Labute approximate surface area is 208 Å². The summed E-state index contributed by atoms with van der Waals surface area (Å²) in [5, 5.41) is 0. The highest BCUT2D eigenvalue weighted by Crippen LogP contribution is 2.36. The SMILES string of the molecule is Cc1ccc(N(c2ccccc2)c2ccc(C=C(c3ccccc3)c3ccccc3)cc2)cc1C. The standard InChI is InChI=1S/C34H29N/c1-26-18-21-33(24-27(26)2)35(31-16-10-5-11-17-31)32-22-19-28(20-23-32)25-34(29-12-6-3-7-13-29)30-14-8-4-9-15-30/h3-25H,1-2H3. The van der Waals surface area contributed by atoms with Gasteiger partial charge in [0.25, 0.3) is 0 Å². The Kier molecular flexibility index (Phi) is 6.59. The van der Waals surface area contributed by atoms with Gasteiger partial charge in [0.05, 0.1) is 0 Å². The second kappa shape index (κ2) is 10.3. The average Bonchev–Trinajstić information content (AvgIpc) is 2.92. The first-order valence-corrected chi connectivity index (χ1v) is 12.0. The summed E-state index contributed by atoms with van der Waals surface area (Å²) in [6.45, 7) is 4.33. The maximum Gasteiger partial charge on any atom is 0.0464 e. The molecule has 0 heterocycles. The molecule has 0 atom stereocenters. The van der Waals surface area contributed by atoms with Gasteiger partial charge in [-0.2, -0.15) is 0 Å². The van der Waals surface area contributed by atoms with Gasteiger partial charge >= 0.3 is 0 Å². The van der Waals surface area contributed by atoms with Crippen molar-refractivity contribution in [1.82, 2.24) is 0 Å². The molecule has 0 unspecified atom stereocenters. The molecule has 0 spiro atoms. The van der Waals surface area contributed by atoms with Gasteiger partial charge in [0, 0.05) is 17.1 Å². The number of nitrogens with zero attached hydrogens (tertiary/aromatic N) is 1. The van der Waals surface area contributed by atoms with Gasteiger partial charge in [0.1, 0.15) is 0 Å². The summed E-state index contributed by atoms with van der Waals surface area (Å²) in [7, 11) is 0. The van der Waals surface area contributed by atoms with E-state index in [2.05, 4.69) is 158 Å². The van der Waals surface area contributed by atoms with E-state index < -0.39 is 0 Å². The molecule has 0 aromatic heterocycles. The summed E-state index contributed by atoms with van der Waals surface area (Å²) in [4.78, 5) is 2.31. The Morgan fingerprint density at radius 2 is 0.971 bits per heavy atom. The summed E-state index contributed by atoms with van der Waals surface area (Å²) in [5.41, 5.74) is 10.8. The summed E-state index contributed by atoms with van der Waals surface area (Å²) < 4.78 is 0. The van der Waals surface area contributed by atoms with Crippen molar-refractivity contribution < 1.29 is 0 Å². The van der Waals surface area contributed by atoms with E-state index in [0.717, 1.165) is 17.1 Å². The van der Waals surface area contributed by atoms with Gasteiger partial charge in [0.15, 0.2) is 0 Å². The highest BCUT2D eigenvalue weighted by Gasteiger charge is 2.13. The van der Waals surface area contributed by atoms with E-state index in [-0.39, 0.29) is 0 Å². The van der Waals surface area contributed by atoms with Crippen molar-refractivity contribution >= 4 is 28.7 Å². The number of hydrogen-bond donors (Lipinski definition) is 0. The van der Waals surface area contributed by atoms with Gasteiger partial charge in [-0.1, -0.05) is 97.1 Å². The molecule has 1 heteroatoms. The van der Waals surface area contributed by atoms with Crippen molar-refractivity contribution in [3.05, 3.63) is 161 Å². The van der Waals surface area contributed by atoms with Crippen LogP contribution in [-0.2, 0) is 0 Å². The fourth-order valence-electron chi connectivity index (χ4n) is 4.34. The maximum atomic E-state index is 2.31. The lowest BCUT2D eigenvalue weighted by molar-refractivity contribution is 1.25. The lowest BCUT2D eigenvalue weighted by atomic mass is 9.95. The lowest BCUT2D eigenvalue weighted by Gasteiger charge is -2.26. The van der Waals surface area contributed by atoms with Crippen LogP contribution >= 0.6 is 0 Å². The van der Waals surface area contributed by atoms with Crippen LogP contribution in [0.4, 0.5) is 17.1 Å². The fraction of sp³-hybridized carbons (Fsp3) is 0.0588. The summed E-state index contributed by atoms with van der Waals surface area (Å²) in [5.74, 6) is 0. The Morgan fingerprint density at radius 3 is 1.51 bits per heavy atom. The normalized spacial score (nSPS) is 10.6. The predicted octanol–water partition coefficient (Wildman–Crippen LogP) is 9.36. The first-order chi connectivity index (χ1) is 17.2. The van der Waals surface area contributed by atoms with Gasteiger partial charge < -0.3 is 4.90 Å². The molecule has 5 rings (SSSR count). The van der Waals surface area contributed by atoms with E-state index in [0.29, 0.717) is 0 Å². The molecule has 0 saturated carbocycles. The van der Waals surface area contributed by atoms with Gasteiger partial charge in [-0.05, 0) is 89.7 Å². The number of anilines is 3. The van der Waals surface area contributed by atoms with E-state index in [1.54, 1.807) is 0 Å². The van der Waals surface area contributed by atoms with Crippen molar-refractivity contribution in [3.8, 4) is 0 Å². The third-order valence-corrected chi connectivity index (χ3v) is 6.39. The molecule has 0 bridgehead atoms. The number of benzene rings is 5. The van der Waals surface area contributed by atoms with Crippen LogP contribution in [0.25, 0.3) is 11.6 Å². The molecule has 0 aliphatic heterocycles. The van der Waals surface area contributed by atoms with Crippen LogP contribution < -0.4 is 4.90 Å². The zero-order chi connectivity index (χ0) is 24.0. The maximum absolute atomic E-state index is 2.31. The second-order valence-electron chi connectivity index (χ2n) is 8.82. The highest BCUT2D eigenvalue weighted by atomic mass is 15.1. The van der Waals surface area contributed by atoms with E-state index in [4.69, 9.17) is 0 Å². The van der Waals surface area contributed by atoms with Crippen molar-refractivity contribution in [3.63, 3.8) is 0 Å². The topological polar surface area (TPSA) is 3.24 Å². The molecular weight excluding hydrogens is 422 g/mol. The summed E-state index contributed by atoms with van der Waals surface area (Å²) >= 11 is 0. The van der Waals surface area contributed by atoms with Crippen LogP contribution in [0, 0.1) is 13.8 Å². The Morgan fingerprint density at radius 1 is 0.486 bits per heavy atom. The molecule has 0 amide bonds. The van der Waals surface area contributed by atoms with Crippen molar-refractivity contribution in [2.75, 3.05) is 4.90 Å². The lowest BCUT2D eigenvalue weighted by Crippen LogP contribution is -2.10. The molecule has 5 aromatic rings. The van der Waals surface area contributed by atoms with Crippen LogP contribution in [-0.4, -0.2) is 0 Å². The van der Waals surface area contributed by atoms with Gasteiger partial charge in [-0.15, -0.1) is 0 Å². The predicted molar refractivity (Wildman–Crippen MR) is 150 cm³/mol. The number of para-hydroxylation sites is 1. The minimum absolute atomic E-state index is 1.14. The molecule has 0 aliphatic rings. The molecule has 0 N–H and O–H groups in total. The molecule has 0 radical (unpaired) electrons. The molecule has 1 nitrogen and oxygen atoms in total. The smallest absolute Gasteiger partial charge is 0.0464 e. The largest absolute Gasteiger partial charge is 0.310 e. The van der Waals surface area contributed by atoms with E-state index >= 15 is 0 Å².